The topological polar surface area (TPSA) is 50.9 Å². The number of methoxy groups -OCH3 is 2. The zero-order valence-corrected chi connectivity index (χ0v) is 18.3. The Hall–Kier alpha value is -3.44. The van der Waals surface area contributed by atoms with Crippen LogP contribution in [0.4, 0.5) is 0 Å². The predicted octanol–water partition coefficient (Wildman–Crippen LogP) is 6.07. The first-order valence-corrected chi connectivity index (χ1v) is 10.2. The van der Waals surface area contributed by atoms with Crippen molar-refractivity contribution < 1.29 is 19.0 Å². The van der Waals surface area contributed by atoms with Crippen molar-refractivity contribution in [2.45, 2.75) is 13.0 Å². The van der Waals surface area contributed by atoms with E-state index in [0.29, 0.717) is 27.8 Å². The van der Waals surface area contributed by atoms with E-state index in [1.165, 1.54) is 4.70 Å². The van der Waals surface area contributed by atoms with Crippen molar-refractivity contribution in [3.05, 3.63) is 100 Å². The molecule has 0 saturated carbocycles. The number of carbonyl (C=O) groups excluding carboxylic acids is 1. The summed E-state index contributed by atoms with van der Waals surface area (Å²) >= 11 is 6.04. The van der Waals surface area contributed by atoms with Crippen LogP contribution in [-0.2, 0) is 0 Å². The van der Waals surface area contributed by atoms with Gasteiger partial charge in [0.2, 0.25) is 6.04 Å². The monoisotopic (exact) mass is 433 g/mol. The zero-order chi connectivity index (χ0) is 22.0. The standard InChI is InChI=1S/C25H22ClN2O3/c1-16-6-4-7-18(14-16)25(29)28-22(20-8-5-9-23(30-2)24(20)31-3)15-21(27-28)17-10-12-19(26)13-11-17/h4-15,22H,1-3H3/q+1. The summed E-state index contributed by atoms with van der Waals surface area (Å²) < 4.78 is 12.6. The zero-order valence-electron chi connectivity index (χ0n) is 17.5. The van der Waals surface area contributed by atoms with Crippen LogP contribution in [0.1, 0.15) is 33.1 Å². The van der Waals surface area contributed by atoms with Crippen molar-refractivity contribution in [2.24, 2.45) is 5.11 Å². The molecule has 0 aromatic heterocycles. The molecule has 0 fully saturated rings. The predicted molar refractivity (Wildman–Crippen MR) is 120 cm³/mol. The Morgan fingerprint density at radius 1 is 1.00 bits per heavy atom. The number of nitrogens with zero attached hydrogens (tertiary/aromatic N) is 2. The maximum atomic E-state index is 13.5. The third-order valence-electron chi connectivity index (χ3n) is 5.16. The molecule has 1 amide bonds. The number of azo groups is 2. The SMILES string of the molecule is COc1cccc(C2C=C(c3ccc(Cl)cc3)N=[N+]2C(=O)c2cccc(C)c2)c1OC. The number of para-hydroxylation sites is 1. The summed E-state index contributed by atoms with van der Waals surface area (Å²) in [6, 6.07) is 20.0. The van der Waals surface area contributed by atoms with Gasteiger partial charge in [-0.1, -0.05) is 47.5 Å². The van der Waals surface area contributed by atoms with E-state index in [1.54, 1.807) is 32.4 Å². The number of carbonyl (C=O) groups is 1. The Balaban J connectivity index is 1.85. The molecule has 1 aliphatic heterocycles. The van der Waals surface area contributed by atoms with Crippen LogP contribution in [0.3, 0.4) is 0 Å². The Morgan fingerprint density at radius 2 is 1.74 bits per heavy atom. The molecule has 31 heavy (non-hydrogen) atoms. The summed E-state index contributed by atoms with van der Waals surface area (Å²) in [7, 11) is 3.18. The second-order valence-corrected chi connectivity index (χ2v) is 7.64. The number of halogens is 1. The molecule has 1 atom stereocenters. The van der Waals surface area contributed by atoms with E-state index in [-0.39, 0.29) is 5.91 Å². The van der Waals surface area contributed by atoms with Gasteiger partial charge in [-0.2, -0.15) is 0 Å². The first-order valence-electron chi connectivity index (χ1n) is 9.82. The van der Waals surface area contributed by atoms with Crippen LogP contribution in [0.25, 0.3) is 5.70 Å². The highest BCUT2D eigenvalue weighted by Crippen LogP contribution is 2.41. The number of ether oxygens (including phenoxy) is 2. The van der Waals surface area contributed by atoms with Crippen molar-refractivity contribution in [1.82, 2.24) is 0 Å². The fourth-order valence-electron chi connectivity index (χ4n) is 3.65. The second-order valence-electron chi connectivity index (χ2n) is 7.21. The highest BCUT2D eigenvalue weighted by Gasteiger charge is 2.40. The molecule has 0 bridgehead atoms. The summed E-state index contributed by atoms with van der Waals surface area (Å²) in [5.41, 5.74) is 3.92. The van der Waals surface area contributed by atoms with Gasteiger partial charge in [0.15, 0.2) is 11.5 Å². The molecule has 156 valence electrons. The number of hydrogen-bond acceptors (Lipinski definition) is 4. The van der Waals surface area contributed by atoms with Gasteiger partial charge in [-0.3, -0.25) is 0 Å². The molecule has 3 aromatic rings. The molecule has 0 aliphatic carbocycles. The Labute approximate surface area is 186 Å². The molecular formula is C25H22ClN2O3+. The van der Waals surface area contributed by atoms with Gasteiger partial charge in [0, 0.05) is 21.8 Å². The van der Waals surface area contributed by atoms with Gasteiger partial charge in [-0.15, -0.1) is 0 Å². The van der Waals surface area contributed by atoms with Gasteiger partial charge >= 0.3 is 5.91 Å². The molecule has 1 aliphatic rings. The number of hydrogen-bond donors (Lipinski definition) is 0. The lowest BCUT2D eigenvalue weighted by atomic mass is 10.0. The highest BCUT2D eigenvalue weighted by molar-refractivity contribution is 6.30. The van der Waals surface area contributed by atoms with E-state index >= 15 is 0 Å². The minimum absolute atomic E-state index is 0.196. The van der Waals surface area contributed by atoms with Gasteiger partial charge in [0.05, 0.1) is 25.3 Å². The van der Waals surface area contributed by atoms with Crippen LogP contribution >= 0.6 is 11.6 Å². The minimum atomic E-state index is -0.455. The average molecular weight is 434 g/mol. The van der Waals surface area contributed by atoms with Crippen LogP contribution in [0.2, 0.25) is 5.02 Å². The molecule has 6 heteroatoms. The smallest absolute Gasteiger partial charge is 0.444 e. The molecule has 4 rings (SSSR count). The summed E-state index contributed by atoms with van der Waals surface area (Å²) in [6.07, 6.45) is 1.95. The lowest BCUT2D eigenvalue weighted by Gasteiger charge is -2.13. The quantitative estimate of drug-likeness (QED) is 0.459. The fourth-order valence-corrected chi connectivity index (χ4v) is 3.78. The maximum absolute atomic E-state index is 13.5. The van der Waals surface area contributed by atoms with Crippen molar-refractivity contribution in [3.8, 4) is 11.5 Å². The number of aryl methyl sites for hydroxylation is 1. The van der Waals surface area contributed by atoms with E-state index in [2.05, 4.69) is 5.11 Å². The molecule has 5 nitrogen and oxygen atoms in total. The Bertz CT molecular complexity index is 1200. The number of amides is 1. The van der Waals surface area contributed by atoms with Crippen LogP contribution in [0, 0.1) is 6.92 Å². The molecule has 0 N–H and O–H groups in total. The van der Waals surface area contributed by atoms with Crippen LogP contribution in [0.5, 0.6) is 11.5 Å². The van der Waals surface area contributed by atoms with Gasteiger partial charge in [-0.25, -0.2) is 4.79 Å². The largest absolute Gasteiger partial charge is 0.493 e. The van der Waals surface area contributed by atoms with E-state index in [9.17, 15) is 4.79 Å². The lowest BCUT2D eigenvalue weighted by molar-refractivity contribution is -0.521. The van der Waals surface area contributed by atoms with Crippen molar-refractivity contribution in [1.29, 1.82) is 0 Å². The van der Waals surface area contributed by atoms with Crippen LogP contribution < -0.4 is 9.47 Å². The second kappa shape index (κ2) is 8.74. The maximum Gasteiger partial charge on any atom is 0.444 e. The van der Waals surface area contributed by atoms with Crippen molar-refractivity contribution in [3.63, 3.8) is 0 Å². The first kappa shape index (κ1) is 20.8. The molecule has 0 spiro atoms. The Morgan fingerprint density at radius 3 is 2.42 bits per heavy atom. The third-order valence-corrected chi connectivity index (χ3v) is 5.41. The summed E-state index contributed by atoms with van der Waals surface area (Å²) in [5, 5.41) is 5.33. The van der Waals surface area contributed by atoms with Crippen LogP contribution in [-0.4, -0.2) is 24.8 Å². The number of benzene rings is 3. The van der Waals surface area contributed by atoms with E-state index in [1.807, 2.05) is 61.5 Å². The summed E-state index contributed by atoms with van der Waals surface area (Å²) in [6.45, 7) is 1.96. The van der Waals surface area contributed by atoms with Crippen molar-refractivity contribution >= 4 is 23.2 Å². The molecule has 1 heterocycles. The van der Waals surface area contributed by atoms with Crippen molar-refractivity contribution in [2.75, 3.05) is 14.2 Å². The first-order chi connectivity index (χ1) is 15.0. The normalized spacial score (nSPS) is 15.3. The average Bonchev–Trinajstić information content (AvgIpc) is 3.23. The number of rotatable bonds is 5. The molecule has 1 unspecified atom stereocenters. The minimum Gasteiger partial charge on any atom is -0.493 e. The lowest BCUT2D eigenvalue weighted by Crippen LogP contribution is -2.22. The van der Waals surface area contributed by atoms with E-state index < -0.39 is 6.04 Å². The van der Waals surface area contributed by atoms with Crippen LogP contribution in [0.15, 0.2) is 77.9 Å². The molecule has 3 aromatic carbocycles. The van der Waals surface area contributed by atoms with E-state index in [0.717, 1.165) is 16.7 Å². The van der Waals surface area contributed by atoms with Gasteiger partial charge in [0.25, 0.3) is 0 Å². The molecule has 0 radical (unpaired) electrons. The fraction of sp³-hybridized carbons (Fsp3) is 0.160. The van der Waals surface area contributed by atoms with Gasteiger partial charge < -0.3 is 9.47 Å². The summed E-state index contributed by atoms with van der Waals surface area (Å²) in [4.78, 5) is 13.5. The summed E-state index contributed by atoms with van der Waals surface area (Å²) in [5.74, 6) is 0.968. The third kappa shape index (κ3) is 4.09. The molecule has 0 saturated heterocycles. The molecular weight excluding hydrogens is 412 g/mol. The van der Waals surface area contributed by atoms with E-state index in [4.69, 9.17) is 21.1 Å². The highest BCUT2D eigenvalue weighted by atomic mass is 35.5. The Kier molecular flexibility index (Phi) is 5.87. The van der Waals surface area contributed by atoms with Gasteiger partial charge in [-0.05, 0) is 48.0 Å². The van der Waals surface area contributed by atoms with Gasteiger partial charge in [0.1, 0.15) is 5.70 Å².